The van der Waals surface area contributed by atoms with E-state index in [4.69, 9.17) is 0 Å². The largest absolute Gasteiger partial charge is 1.00 e. The first-order valence-electron chi connectivity index (χ1n) is 11.0. The number of unbranched alkanes of at least 4 members (excludes halogenated alkanes) is 11. The Morgan fingerprint density at radius 1 is 0.724 bits per heavy atom. The van der Waals surface area contributed by atoms with Gasteiger partial charge in [0.2, 0.25) is 0 Å². The third-order valence-corrected chi connectivity index (χ3v) is 6.49. The van der Waals surface area contributed by atoms with Crippen LogP contribution in [0.5, 0.6) is 0 Å². The smallest absolute Gasteiger partial charge is 0.744 e. The molecular formula is C24H35NaO3S. The van der Waals surface area contributed by atoms with Crippen LogP contribution in [0.3, 0.4) is 0 Å². The molecule has 0 atom stereocenters. The van der Waals surface area contributed by atoms with Gasteiger partial charge in [0.05, 0.1) is 4.90 Å². The molecule has 2 rings (SSSR count). The number of aryl methyl sites for hydroxylation is 1. The summed E-state index contributed by atoms with van der Waals surface area (Å²) in [5.74, 6) is 0. The molecule has 29 heavy (non-hydrogen) atoms. The summed E-state index contributed by atoms with van der Waals surface area (Å²) < 4.78 is 35.5. The monoisotopic (exact) mass is 426 g/mol. The van der Waals surface area contributed by atoms with Crippen LogP contribution in [0.1, 0.15) is 89.5 Å². The Balaban J connectivity index is 0.00000420. The summed E-state index contributed by atoms with van der Waals surface area (Å²) in [6.45, 7) is 2.25. The summed E-state index contributed by atoms with van der Waals surface area (Å²) in [5, 5.41) is 1.35. The standard InChI is InChI=1S/C24H36O3S.Na/c1-2-3-4-5-6-7-8-9-10-11-12-13-17-22-20-19-21-16-14-15-18-23(21)24(22)28(25,26)27;/h14-16,18-20H,2-13,17H2,1H3,(H,25,26,27);/q;+1/p-1. The van der Waals surface area contributed by atoms with Crippen molar-refractivity contribution in [3.05, 3.63) is 42.0 Å². The summed E-state index contributed by atoms with van der Waals surface area (Å²) in [4.78, 5) is -0.0197. The third kappa shape index (κ3) is 9.52. The minimum absolute atomic E-state index is 0. The number of benzene rings is 2. The summed E-state index contributed by atoms with van der Waals surface area (Å²) in [5.41, 5.74) is 0.667. The van der Waals surface area contributed by atoms with Gasteiger partial charge in [0.25, 0.3) is 0 Å². The van der Waals surface area contributed by atoms with Gasteiger partial charge in [-0.3, -0.25) is 0 Å². The van der Waals surface area contributed by atoms with Crippen LogP contribution >= 0.6 is 0 Å². The molecule has 2 aromatic carbocycles. The molecule has 0 saturated heterocycles. The van der Waals surface area contributed by atoms with Crippen molar-refractivity contribution in [1.29, 1.82) is 0 Å². The van der Waals surface area contributed by atoms with Crippen molar-refractivity contribution in [3.8, 4) is 0 Å². The first kappa shape index (κ1) is 26.6. The van der Waals surface area contributed by atoms with Gasteiger partial charge in [-0.15, -0.1) is 0 Å². The van der Waals surface area contributed by atoms with E-state index in [0.29, 0.717) is 17.4 Å². The number of fused-ring (bicyclic) bond motifs is 1. The van der Waals surface area contributed by atoms with Gasteiger partial charge in [0.1, 0.15) is 10.1 Å². The SMILES string of the molecule is CCCCCCCCCCCCCCc1ccc2ccccc2c1S(=O)(=O)[O-].[Na+]. The quantitative estimate of drug-likeness (QED) is 0.261. The van der Waals surface area contributed by atoms with Crippen molar-refractivity contribution in [3.63, 3.8) is 0 Å². The maximum Gasteiger partial charge on any atom is 1.00 e. The van der Waals surface area contributed by atoms with Gasteiger partial charge in [-0.2, -0.15) is 0 Å². The predicted octanol–water partition coefficient (Wildman–Crippen LogP) is 3.99. The Morgan fingerprint density at radius 3 is 1.79 bits per heavy atom. The Labute approximate surface area is 199 Å². The predicted molar refractivity (Wildman–Crippen MR) is 117 cm³/mol. The normalized spacial score (nSPS) is 11.5. The van der Waals surface area contributed by atoms with Gasteiger partial charge in [-0.05, 0) is 29.2 Å². The van der Waals surface area contributed by atoms with E-state index in [1.807, 2.05) is 24.3 Å². The molecule has 0 aliphatic heterocycles. The topological polar surface area (TPSA) is 57.2 Å². The maximum absolute atomic E-state index is 11.8. The first-order valence-corrected chi connectivity index (χ1v) is 12.4. The van der Waals surface area contributed by atoms with Gasteiger partial charge in [-0.25, -0.2) is 8.42 Å². The molecule has 0 N–H and O–H groups in total. The van der Waals surface area contributed by atoms with E-state index in [9.17, 15) is 13.0 Å². The van der Waals surface area contributed by atoms with Gasteiger partial charge < -0.3 is 4.55 Å². The Morgan fingerprint density at radius 2 is 1.24 bits per heavy atom. The van der Waals surface area contributed by atoms with Crippen LogP contribution in [-0.2, 0) is 16.5 Å². The van der Waals surface area contributed by atoms with Gasteiger partial charge >= 0.3 is 29.6 Å². The van der Waals surface area contributed by atoms with Gasteiger partial charge in [-0.1, -0.05) is 114 Å². The van der Waals surface area contributed by atoms with E-state index in [-0.39, 0.29) is 34.5 Å². The van der Waals surface area contributed by atoms with Crippen LogP contribution in [0.4, 0.5) is 0 Å². The summed E-state index contributed by atoms with van der Waals surface area (Å²) in [6.07, 6.45) is 15.9. The summed E-state index contributed by atoms with van der Waals surface area (Å²) in [6, 6.07) is 10.9. The molecule has 0 unspecified atom stereocenters. The maximum atomic E-state index is 11.8. The van der Waals surface area contributed by atoms with Crippen molar-refractivity contribution < 1.29 is 42.5 Å². The molecule has 0 aliphatic carbocycles. The minimum Gasteiger partial charge on any atom is -0.744 e. The van der Waals surface area contributed by atoms with Crippen LogP contribution in [0.15, 0.2) is 41.3 Å². The molecule has 0 fully saturated rings. The molecule has 0 spiro atoms. The minimum atomic E-state index is -4.48. The van der Waals surface area contributed by atoms with E-state index in [1.165, 1.54) is 64.2 Å². The third-order valence-electron chi connectivity index (χ3n) is 5.51. The second-order valence-corrected chi connectivity index (χ2v) is 9.18. The van der Waals surface area contributed by atoms with E-state index in [0.717, 1.165) is 18.2 Å². The number of hydrogen-bond acceptors (Lipinski definition) is 3. The molecule has 0 radical (unpaired) electrons. The zero-order valence-corrected chi connectivity index (χ0v) is 21.1. The number of rotatable bonds is 14. The van der Waals surface area contributed by atoms with Crippen LogP contribution in [0, 0.1) is 0 Å². The average Bonchev–Trinajstić information content (AvgIpc) is 2.67. The van der Waals surface area contributed by atoms with Crippen LogP contribution in [-0.4, -0.2) is 13.0 Å². The van der Waals surface area contributed by atoms with Crippen molar-refractivity contribution in [2.45, 2.75) is 95.3 Å². The fourth-order valence-electron chi connectivity index (χ4n) is 3.94. The van der Waals surface area contributed by atoms with Crippen molar-refractivity contribution in [2.75, 3.05) is 0 Å². The molecule has 0 heterocycles. The Bertz CT molecular complexity index is 818. The van der Waals surface area contributed by atoms with E-state index < -0.39 is 10.1 Å². The van der Waals surface area contributed by atoms with Crippen molar-refractivity contribution >= 4 is 20.9 Å². The molecule has 156 valence electrons. The molecule has 0 amide bonds. The number of hydrogen-bond donors (Lipinski definition) is 0. The van der Waals surface area contributed by atoms with Crippen LogP contribution in [0.2, 0.25) is 0 Å². The molecule has 3 nitrogen and oxygen atoms in total. The fourth-order valence-corrected chi connectivity index (χ4v) is 4.88. The average molecular weight is 427 g/mol. The Kier molecular flexibility index (Phi) is 13.4. The zero-order valence-electron chi connectivity index (χ0n) is 18.3. The van der Waals surface area contributed by atoms with Crippen molar-refractivity contribution in [1.82, 2.24) is 0 Å². The van der Waals surface area contributed by atoms with Crippen LogP contribution in [0.25, 0.3) is 10.8 Å². The van der Waals surface area contributed by atoms with Gasteiger partial charge in [0, 0.05) is 0 Å². The first-order chi connectivity index (χ1) is 13.5. The molecule has 2 aromatic rings. The van der Waals surface area contributed by atoms with E-state index in [2.05, 4.69) is 6.92 Å². The molecule has 5 heteroatoms. The van der Waals surface area contributed by atoms with Crippen LogP contribution < -0.4 is 29.6 Å². The van der Waals surface area contributed by atoms with E-state index >= 15 is 0 Å². The second kappa shape index (κ2) is 14.6. The summed E-state index contributed by atoms with van der Waals surface area (Å²) >= 11 is 0. The molecule has 0 aliphatic rings. The van der Waals surface area contributed by atoms with Gasteiger partial charge in [0.15, 0.2) is 0 Å². The molecule has 0 bridgehead atoms. The fraction of sp³-hybridized carbons (Fsp3) is 0.583. The summed E-state index contributed by atoms with van der Waals surface area (Å²) in [7, 11) is -4.48. The molecule has 0 aromatic heterocycles. The molecular weight excluding hydrogens is 391 g/mol. The van der Waals surface area contributed by atoms with E-state index in [1.54, 1.807) is 12.1 Å². The zero-order chi connectivity index (χ0) is 20.2. The second-order valence-electron chi connectivity index (χ2n) is 7.87. The van der Waals surface area contributed by atoms with Crippen molar-refractivity contribution in [2.24, 2.45) is 0 Å². The Hall–Kier alpha value is -0.390. The molecule has 0 saturated carbocycles.